The number of unbranched alkanes of at least 4 members (excludes halogenated alkanes) is 1. The van der Waals surface area contributed by atoms with Crippen LogP contribution in [-0.2, 0) is 20.4 Å². The Morgan fingerprint density at radius 3 is 2.04 bits per heavy atom. The number of nitrogens with zero attached hydrogens (tertiary/aromatic N) is 1. The molecule has 1 aliphatic rings. The molecule has 27 heavy (non-hydrogen) atoms. The van der Waals surface area contributed by atoms with E-state index >= 15 is 0 Å². The molecule has 0 aromatic heterocycles. The summed E-state index contributed by atoms with van der Waals surface area (Å²) in [4.78, 5) is 27.3. The van der Waals surface area contributed by atoms with Crippen molar-refractivity contribution in [3.05, 3.63) is 23.3 Å². The molecule has 0 spiro atoms. The molecule has 1 N–H and O–H groups in total. The number of benzene rings is 1. The quantitative estimate of drug-likeness (QED) is 0.717. The Morgan fingerprint density at radius 2 is 1.59 bits per heavy atom. The van der Waals surface area contributed by atoms with Gasteiger partial charge >= 0.3 is 0 Å². The first kappa shape index (κ1) is 21.8. The molecule has 0 bridgehead atoms. The summed E-state index contributed by atoms with van der Waals surface area (Å²) < 4.78 is 0. The fourth-order valence-corrected chi connectivity index (χ4v) is 4.43. The number of phenolic OH excluding ortho intramolecular Hbond substituents is 1. The van der Waals surface area contributed by atoms with E-state index in [1.807, 2.05) is 12.1 Å². The van der Waals surface area contributed by atoms with Gasteiger partial charge in [-0.15, -0.1) is 11.8 Å². The largest absolute Gasteiger partial charge is 0.507 e. The van der Waals surface area contributed by atoms with E-state index in [4.69, 9.17) is 0 Å². The summed E-state index contributed by atoms with van der Waals surface area (Å²) in [6.07, 6.45) is 2.05. The number of hydrogen-bond donors (Lipinski definition) is 1. The van der Waals surface area contributed by atoms with Crippen molar-refractivity contribution in [2.45, 2.75) is 88.7 Å². The Hall–Kier alpha value is -1.49. The highest BCUT2D eigenvalue weighted by Gasteiger charge is 2.39. The van der Waals surface area contributed by atoms with E-state index in [0.717, 1.165) is 28.9 Å². The van der Waals surface area contributed by atoms with Gasteiger partial charge in [0.2, 0.25) is 11.8 Å². The number of thioether (sulfide) groups is 1. The van der Waals surface area contributed by atoms with Crippen LogP contribution in [0.2, 0.25) is 0 Å². The van der Waals surface area contributed by atoms with Crippen molar-refractivity contribution in [3.63, 3.8) is 0 Å². The molecule has 150 valence electrons. The Bertz CT molecular complexity index is 693. The van der Waals surface area contributed by atoms with Crippen molar-refractivity contribution in [1.82, 2.24) is 4.90 Å². The van der Waals surface area contributed by atoms with Crippen LogP contribution in [0, 0.1) is 0 Å². The first-order valence-corrected chi connectivity index (χ1v) is 10.6. The molecular formula is C22H33NO3S. The Kier molecular flexibility index (Phi) is 6.35. The number of phenols is 1. The second-order valence-corrected chi connectivity index (χ2v) is 10.7. The molecule has 1 unspecified atom stereocenters. The summed E-state index contributed by atoms with van der Waals surface area (Å²) in [7, 11) is 0. The summed E-state index contributed by atoms with van der Waals surface area (Å²) >= 11 is 1.45. The zero-order valence-electron chi connectivity index (χ0n) is 17.7. The minimum Gasteiger partial charge on any atom is -0.507 e. The van der Waals surface area contributed by atoms with Crippen LogP contribution < -0.4 is 0 Å². The van der Waals surface area contributed by atoms with Crippen molar-refractivity contribution in [2.24, 2.45) is 0 Å². The molecule has 2 rings (SSSR count). The number of aromatic hydroxyl groups is 1. The lowest BCUT2D eigenvalue weighted by molar-refractivity contribution is -0.138. The van der Waals surface area contributed by atoms with E-state index in [1.165, 1.54) is 16.7 Å². The molecule has 1 aromatic carbocycles. The van der Waals surface area contributed by atoms with Gasteiger partial charge in [-0.1, -0.05) is 54.9 Å². The molecule has 1 atom stereocenters. The zero-order chi connectivity index (χ0) is 20.6. The molecule has 5 heteroatoms. The number of imide groups is 1. The lowest BCUT2D eigenvalue weighted by Gasteiger charge is -2.28. The van der Waals surface area contributed by atoms with E-state index in [9.17, 15) is 14.7 Å². The van der Waals surface area contributed by atoms with Crippen molar-refractivity contribution in [3.8, 4) is 5.75 Å². The summed E-state index contributed by atoms with van der Waals surface area (Å²) in [5.41, 5.74) is 1.31. The highest BCUT2D eigenvalue weighted by atomic mass is 32.2. The Balaban J connectivity index is 2.37. The van der Waals surface area contributed by atoms with Gasteiger partial charge in [0.05, 0.1) is 5.25 Å². The van der Waals surface area contributed by atoms with Crippen molar-refractivity contribution < 1.29 is 14.7 Å². The number of amides is 2. The van der Waals surface area contributed by atoms with E-state index in [0.29, 0.717) is 12.3 Å². The van der Waals surface area contributed by atoms with Gasteiger partial charge in [0.1, 0.15) is 5.75 Å². The number of likely N-dealkylation sites (tertiary alicyclic amines) is 1. The van der Waals surface area contributed by atoms with Gasteiger partial charge in [0.25, 0.3) is 0 Å². The molecule has 1 fully saturated rings. The van der Waals surface area contributed by atoms with Crippen molar-refractivity contribution in [1.29, 1.82) is 0 Å². The molecule has 1 heterocycles. The number of hydrogen-bond acceptors (Lipinski definition) is 4. The zero-order valence-corrected chi connectivity index (χ0v) is 18.5. The average Bonchev–Trinajstić information content (AvgIpc) is 2.78. The van der Waals surface area contributed by atoms with E-state index in [2.05, 4.69) is 48.5 Å². The lowest BCUT2D eigenvalue weighted by atomic mass is 9.79. The van der Waals surface area contributed by atoms with E-state index in [1.54, 1.807) is 0 Å². The van der Waals surface area contributed by atoms with Crippen LogP contribution in [0.5, 0.6) is 5.75 Å². The van der Waals surface area contributed by atoms with Crippen LogP contribution in [0.25, 0.3) is 0 Å². The third-order valence-corrected chi connectivity index (χ3v) is 6.08. The first-order chi connectivity index (χ1) is 12.4. The second-order valence-electron chi connectivity index (χ2n) is 9.41. The van der Waals surface area contributed by atoms with Gasteiger partial charge in [-0.3, -0.25) is 14.5 Å². The number of carbonyl (C=O) groups is 2. The maximum Gasteiger partial charge on any atom is 0.243 e. The van der Waals surface area contributed by atoms with Gasteiger partial charge in [-0.2, -0.15) is 0 Å². The monoisotopic (exact) mass is 391 g/mol. The molecule has 0 radical (unpaired) electrons. The molecular weight excluding hydrogens is 358 g/mol. The Labute approximate surface area is 167 Å². The Morgan fingerprint density at radius 1 is 1.07 bits per heavy atom. The third-order valence-electron chi connectivity index (χ3n) is 4.92. The summed E-state index contributed by atoms with van der Waals surface area (Å²) in [5, 5.41) is 10.5. The van der Waals surface area contributed by atoms with Crippen LogP contribution in [0.4, 0.5) is 0 Å². The topological polar surface area (TPSA) is 57.6 Å². The molecule has 1 aromatic rings. The van der Waals surface area contributed by atoms with Crippen LogP contribution >= 0.6 is 11.8 Å². The summed E-state index contributed by atoms with van der Waals surface area (Å²) in [6, 6.07) is 3.95. The van der Waals surface area contributed by atoms with Gasteiger partial charge in [0.15, 0.2) is 0 Å². The lowest BCUT2D eigenvalue weighted by Crippen LogP contribution is -2.32. The fourth-order valence-electron chi connectivity index (χ4n) is 3.28. The second kappa shape index (κ2) is 7.86. The van der Waals surface area contributed by atoms with E-state index in [-0.39, 0.29) is 34.3 Å². The number of carbonyl (C=O) groups excluding carboxylic acids is 2. The van der Waals surface area contributed by atoms with Crippen molar-refractivity contribution >= 4 is 23.6 Å². The molecule has 0 saturated carbocycles. The van der Waals surface area contributed by atoms with Gasteiger partial charge in [0, 0.05) is 29.0 Å². The highest BCUT2D eigenvalue weighted by molar-refractivity contribution is 8.00. The average molecular weight is 392 g/mol. The normalized spacial score (nSPS) is 18.5. The maximum absolute atomic E-state index is 12.7. The fraction of sp³-hybridized carbons (Fsp3) is 0.636. The predicted molar refractivity (Wildman–Crippen MR) is 111 cm³/mol. The maximum atomic E-state index is 12.7. The molecule has 4 nitrogen and oxygen atoms in total. The smallest absolute Gasteiger partial charge is 0.243 e. The SMILES string of the molecule is CCCCN1C(=O)CC(Sc2cc(C(C)(C)C)c(O)c(C(C)(C)C)c2)C1=O. The molecule has 0 aliphatic carbocycles. The van der Waals surface area contributed by atoms with Gasteiger partial charge in [-0.05, 0) is 29.4 Å². The minimum atomic E-state index is -0.375. The third kappa shape index (κ3) is 4.87. The minimum absolute atomic E-state index is 0.0724. The van der Waals surface area contributed by atoms with Crippen LogP contribution in [0.3, 0.4) is 0 Å². The van der Waals surface area contributed by atoms with Gasteiger partial charge < -0.3 is 5.11 Å². The summed E-state index contributed by atoms with van der Waals surface area (Å²) in [6.45, 7) is 15.0. The van der Waals surface area contributed by atoms with Crippen molar-refractivity contribution in [2.75, 3.05) is 6.54 Å². The molecule has 1 saturated heterocycles. The van der Waals surface area contributed by atoms with E-state index < -0.39 is 0 Å². The summed E-state index contributed by atoms with van der Waals surface area (Å²) in [5.74, 6) is 0.177. The molecule has 1 aliphatic heterocycles. The highest BCUT2D eigenvalue weighted by Crippen LogP contribution is 2.43. The van der Waals surface area contributed by atoms with Crippen LogP contribution in [0.1, 0.15) is 78.9 Å². The predicted octanol–water partition coefficient (Wildman–Crippen LogP) is 5.01. The number of rotatable bonds is 5. The van der Waals surface area contributed by atoms with Crippen LogP contribution in [-0.4, -0.2) is 33.6 Å². The first-order valence-electron chi connectivity index (χ1n) is 9.75. The van der Waals surface area contributed by atoms with Crippen LogP contribution in [0.15, 0.2) is 17.0 Å². The standard InChI is InChI=1S/C22H33NO3S/c1-8-9-10-23-18(24)13-17(20(23)26)27-14-11-15(21(2,3)4)19(25)16(12-14)22(5,6)7/h11-12,17,25H,8-10,13H2,1-7H3. The van der Waals surface area contributed by atoms with Gasteiger partial charge in [-0.25, -0.2) is 0 Å². The molecule has 2 amide bonds.